The lowest BCUT2D eigenvalue weighted by atomic mass is 10.1. The maximum Gasteiger partial charge on any atom is 0.227 e. The molecule has 0 unspecified atom stereocenters. The lowest BCUT2D eigenvalue weighted by Gasteiger charge is -2.28. The van der Waals surface area contributed by atoms with E-state index in [1.807, 2.05) is 54.6 Å². The molecule has 0 radical (unpaired) electrons. The Morgan fingerprint density at radius 2 is 1.76 bits per heavy atom. The molecule has 25 heavy (non-hydrogen) atoms. The molecule has 2 aromatic rings. The molecule has 0 aliphatic carbocycles. The smallest absolute Gasteiger partial charge is 0.227 e. The van der Waals surface area contributed by atoms with Crippen molar-refractivity contribution in [1.82, 2.24) is 0 Å². The van der Waals surface area contributed by atoms with Gasteiger partial charge in [0.15, 0.2) is 9.84 Å². The van der Waals surface area contributed by atoms with Gasteiger partial charge in [-0.15, -0.1) is 0 Å². The third-order valence-corrected chi connectivity index (χ3v) is 5.99. The van der Waals surface area contributed by atoms with Crippen molar-refractivity contribution >= 4 is 37.4 Å². The molecular formula is C19H18BrNO3S. The van der Waals surface area contributed by atoms with Gasteiger partial charge in [-0.2, -0.15) is 0 Å². The van der Waals surface area contributed by atoms with Crippen LogP contribution in [0.3, 0.4) is 0 Å². The van der Waals surface area contributed by atoms with E-state index in [1.165, 1.54) is 5.41 Å². The molecule has 0 spiro atoms. The number of rotatable bonds is 5. The van der Waals surface area contributed by atoms with Crippen LogP contribution in [0, 0.1) is 0 Å². The summed E-state index contributed by atoms with van der Waals surface area (Å²) in [7, 11) is -3.24. The minimum atomic E-state index is -3.24. The van der Waals surface area contributed by atoms with Crippen LogP contribution in [0.5, 0.6) is 0 Å². The van der Waals surface area contributed by atoms with Crippen molar-refractivity contribution in [3.05, 3.63) is 76.1 Å². The predicted molar refractivity (Wildman–Crippen MR) is 103 cm³/mol. The second-order valence-electron chi connectivity index (χ2n) is 5.95. The molecule has 0 bridgehead atoms. The maximum absolute atomic E-state index is 12.9. The Hall–Kier alpha value is -1.92. The van der Waals surface area contributed by atoms with E-state index in [4.69, 9.17) is 0 Å². The number of carbonyl (C=O) groups excluding carboxylic acids is 1. The molecule has 0 N–H and O–H groups in total. The van der Waals surface area contributed by atoms with Crippen LogP contribution in [0.2, 0.25) is 0 Å². The van der Waals surface area contributed by atoms with Gasteiger partial charge >= 0.3 is 0 Å². The van der Waals surface area contributed by atoms with Gasteiger partial charge in [0, 0.05) is 22.0 Å². The summed E-state index contributed by atoms with van der Waals surface area (Å²) in [5.41, 5.74) is 1.79. The van der Waals surface area contributed by atoms with E-state index in [-0.39, 0.29) is 11.7 Å². The van der Waals surface area contributed by atoms with E-state index < -0.39 is 15.9 Å². The highest BCUT2D eigenvalue weighted by molar-refractivity contribution is 9.10. The van der Waals surface area contributed by atoms with Crippen LogP contribution >= 0.6 is 15.9 Å². The van der Waals surface area contributed by atoms with Crippen LogP contribution in [0.15, 0.2) is 70.6 Å². The summed E-state index contributed by atoms with van der Waals surface area (Å²) < 4.78 is 24.5. The summed E-state index contributed by atoms with van der Waals surface area (Å²) in [6.45, 7) is 0. The number of nitrogens with zero attached hydrogens (tertiary/aromatic N) is 1. The molecule has 0 saturated carbocycles. The molecule has 0 aromatic heterocycles. The van der Waals surface area contributed by atoms with E-state index in [0.29, 0.717) is 18.5 Å². The Bertz CT molecular complexity index is 877. The number of benzene rings is 2. The fourth-order valence-electron chi connectivity index (χ4n) is 2.86. The van der Waals surface area contributed by atoms with E-state index in [9.17, 15) is 13.2 Å². The van der Waals surface area contributed by atoms with Crippen LogP contribution in [-0.4, -0.2) is 26.1 Å². The molecule has 1 amide bonds. The van der Waals surface area contributed by atoms with E-state index in [0.717, 1.165) is 10.0 Å². The second kappa shape index (κ2) is 7.54. The number of carbonyl (C=O) groups is 1. The molecule has 2 aromatic carbocycles. The first-order chi connectivity index (χ1) is 11.9. The fraction of sp³-hybridized carbons (Fsp3) is 0.211. The number of hydrogen-bond acceptors (Lipinski definition) is 3. The molecule has 1 atom stereocenters. The monoisotopic (exact) mass is 419 g/mol. The summed E-state index contributed by atoms with van der Waals surface area (Å²) in [6.07, 6.45) is 2.54. The Balaban J connectivity index is 1.82. The van der Waals surface area contributed by atoms with Crippen molar-refractivity contribution in [2.75, 3.05) is 10.7 Å². The maximum atomic E-state index is 12.9. The minimum Gasteiger partial charge on any atom is -0.304 e. The largest absolute Gasteiger partial charge is 0.304 e. The van der Waals surface area contributed by atoms with Gasteiger partial charge in [-0.3, -0.25) is 4.79 Å². The number of amides is 1. The predicted octanol–water partition coefficient (Wildman–Crippen LogP) is 3.73. The van der Waals surface area contributed by atoms with Gasteiger partial charge in [-0.25, -0.2) is 8.42 Å². The van der Waals surface area contributed by atoms with Gasteiger partial charge in [0.05, 0.1) is 11.8 Å². The zero-order valence-corrected chi connectivity index (χ0v) is 15.9. The normalized spacial score (nSPS) is 18.2. The van der Waals surface area contributed by atoms with Gasteiger partial charge in [0.2, 0.25) is 5.91 Å². The number of sulfone groups is 1. The average Bonchev–Trinajstić information content (AvgIpc) is 2.95. The Kier molecular flexibility index (Phi) is 5.39. The Labute approximate surface area is 156 Å². The van der Waals surface area contributed by atoms with Crippen LogP contribution in [0.25, 0.3) is 0 Å². The molecule has 130 valence electrons. The van der Waals surface area contributed by atoms with Crippen LogP contribution in [0.4, 0.5) is 5.69 Å². The molecule has 1 heterocycles. The van der Waals surface area contributed by atoms with Gasteiger partial charge in [-0.05, 0) is 42.3 Å². The summed E-state index contributed by atoms with van der Waals surface area (Å²) in [5.74, 6) is -0.155. The van der Waals surface area contributed by atoms with E-state index in [2.05, 4.69) is 15.9 Å². The molecule has 3 rings (SSSR count). The van der Waals surface area contributed by atoms with E-state index >= 15 is 0 Å². The van der Waals surface area contributed by atoms with Gasteiger partial charge in [-0.1, -0.05) is 46.3 Å². The zero-order valence-electron chi connectivity index (χ0n) is 13.5. The summed E-state index contributed by atoms with van der Waals surface area (Å²) in [6, 6.07) is 16.7. The molecule has 4 nitrogen and oxygen atoms in total. The Morgan fingerprint density at radius 1 is 1.08 bits per heavy atom. The highest BCUT2D eigenvalue weighted by Crippen LogP contribution is 2.25. The zero-order chi connectivity index (χ0) is 17.9. The molecule has 1 aliphatic rings. The number of halogens is 1. The lowest BCUT2D eigenvalue weighted by Crippen LogP contribution is -2.41. The van der Waals surface area contributed by atoms with Crippen LogP contribution in [-0.2, 0) is 21.1 Å². The summed E-state index contributed by atoms with van der Waals surface area (Å²) in [4.78, 5) is 14.5. The SMILES string of the molecule is O=C(CCc1ccccc1)N(c1ccc(Br)cc1)[C@H]1C=CS(=O)(=O)C1. The summed E-state index contributed by atoms with van der Waals surface area (Å²) >= 11 is 3.38. The fourth-order valence-corrected chi connectivity index (χ4v) is 4.39. The minimum absolute atomic E-state index is 0.0693. The molecular weight excluding hydrogens is 402 g/mol. The molecule has 6 heteroatoms. The van der Waals surface area contributed by atoms with E-state index in [1.54, 1.807) is 11.0 Å². The van der Waals surface area contributed by atoms with Gasteiger partial charge in [0.1, 0.15) is 0 Å². The van der Waals surface area contributed by atoms with Crippen molar-refractivity contribution in [2.45, 2.75) is 18.9 Å². The van der Waals surface area contributed by atoms with Crippen molar-refractivity contribution < 1.29 is 13.2 Å². The first kappa shape index (κ1) is 17.9. The average molecular weight is 420 g/mol. The number of anilines is 1. The highest BCUT2D eigenvalue weighted by atomic mass is 79.9. The summed E-state index contributed by atoms with van der Waals surface area (Å²) in [5, 5.41) is 1.20. The second-order valence-corrected chi connectivity index (χ2v) is 8.80. The van der Waals surface area contributed by atoms with Crippen molar-refractivity contribution in [2.24, 2.45) is 0 Å². The molecule has 0 fully saturated rings. The van der Waals surface area contributed by atoms with Crippen LogP contribution in [0.1, 0.15) is 12.0 Å². The third kappa shape index (κ3) is 4.58. The number of hydrogen-bond donors (Lipinski definition) is 0. The highest BCUT2D eigenvalue weighted by Gasteiger charge is 2.31. The standard InChI is InChI=1S/C19H18BrNO3S/c20-16-7-9-17(10-8-16)21(18-12-13-25(23,24)14-18)19(22)11-6-15-4-2-1-3-5-15/h1-5,7-10,12-13,18H,6,11,14H2/t18-/m0/s1. The van der Waals surface area contributed by atoms with Crippen molar-refractivity contribution in [3.8, 4) is 0 Å². The van der Waals surface area contributed by atoms with Crippen molar-refractivity contribution in [3.63, 3.8) is 0 Å². The topological polar surface area (TPSA) is 54.5 Å². The third-order valence-electron chi connectivity index (χ3n) is 4.09. The van der Waals surface area contributed by atoms with Gasteiger partial charge in [0.25, 0.3) is 0 Å². The van der Waals surface area contributed by atoms with Crippen LogP contribution < -0.4 is 4.90 Å². The molecule has 1 aliphatic heterocycles. The van der Waals surface area contributed by atoms with Crippen molar-refractivity contribution in [1.29, 1.82) is 0 Å². The Morgan fingerprint density at radius 3 is 2.36 bits per heavy atom. The molecule has 0 saturated heterocycles. The lowest BCUT2D eigenvalue weighted by molar-refractivity contribution is -0.118. The van der Waals surface area contributed by atoms with Gasteiger partial charge < -0.3 is 4.90 Å². The quantitative estimate of drug-likeness (QED) is 0.741. The first-order valence-corrected chi connectivity index (χ1v) is 10.5. The number of aryl methyl sites for hydroxylation is 1. The first-order valence-electron chi connectivity index (χ1n) is 7.97.